The van der Waals surface area contributed by atoms with Crippen molar-refractivity contribution in [1.29, 1.82) is 0 Å². The number of ether oxygens (including phenoxy) is 1. The van der Waals surface area contributed by atoms with Crippen LogP contribution in [0.1, 0.15) is 50.7 Å². The van der Waals surface area contributed by atoms with Crippen molar-refractivity contribution in [2.75, 3.05) is 25.6 Å². The van der Waals surface area contributed by atoms with Gasteiger partial charge >= 0.3 is 0 Å². The van der Waals surface area contributed by atoms with Gasteiger partial charge in [-0.25, -0.2) is 16.8 Å². The third kappa shape index (κ3) is 33.5. The molecule has 0 saturated carbocycles. The molecule has 2 aromatic carbocycles. The molecule has 0 fully saturated rings. The molecule has 11 heteroatoms. The predicted octanol–water partition coefficient (Wildman–Crippen LogP) is 2.88. The number of benzene rings is 2. The second-order valence-corrected chi connectivity index (χ2v) is 10.9. The van der Waals surface area contributed by atoms with Crippen LogP contribution in [-0.2, 0) is 20.2 Å². The molecule has 0 radical (unpaired) electrons. The number of rotatable bonds is 6. The topological polar surface area (TPSA) is 179 Å². The van der Waals surface area contributed by atoms with Crippen LogP contribution in [0.15, 0.2) is 73.8 Å². The predicted molar refractivity (Wildman–Crippen MR) is 148 cm³/mol. The fourth-order valence-corrected chi connectivity index (χ4v) is 1.98. The van der Waals surface area contributed by atoms with Gasteiger partial charge in [0.05, 0.1) is 33.3 Å². The summed E-state index contributed by atoms with van der Waals surface area (Å²) in [6.07, 6.45) is 4.74. The van der Waals surface area contributed by atoms with Gasteiger partial charge in [0.1, 0.15) is 11.5 Å². The molecule has 0 aliphatic carbocycles. The maximum Gasteiger partial charge on any atom is 0.127 e. The molecule has 37 heavy (non-hydrogen) atoms. The van der Waals surface area contributed by atoms with Gasteiger partial charge in [-0.2, -0.15) is 0 Å². The zero-order valence-corrected chi connectivity index (χ0v) is 24.5. The Kier molecular flexibility index (Phi) is 22.7. The second kappa shape index (κ2) is 21.5. The zero-order valence-electron chi connectivity index (χ0n) is 22.8. The fourth-order valence-electron chi connectivity index (χ4n) is 1.98. The molecular weight excluding hydrogens is 516 g/mol. The highest BCUT2D eigenvalue weighted by atomic mass is 32.2. The fraction of sp³-hybridized carbons (Fsp3) is 0.385. The molecule has 0 aromatic heterocycles. The van der Waals surface area contributed by atoms with Crippen LogP contribution < -0.4 is 16.2 Å². The molecule has 212 valence electrons. The SMILES string of the molecule is C=CC[NH3+].C=CC[NH3+].CC(C)c1ccc(Oc2ccc(C(C)C)cc2)cc1.CS(=O)(=O)[O-].CS(=O)(=O)[O-]. The third-order valence-corrected chi connectivity index (χ3v) is 3.74. The molecule has 6 N–H and O–H groups in total. The Bertz CT molecular complexity index is 961. The van der Waals surface area contributed by atoms with Crippen molar-refractivity contribution < 1.29 is 42.1 Å². The molecule has 0 unspecified atom stereocenters. The van der Waals surface area contributed by atoms with Crippen LogP contribution in [0.3, 0.4) is 0 Å². The van der Waals surface area contributed by atoms with E-state index in [0.717, 1.165) is 24.6 Å². The lowest BCUT2D eigenvalue weighted by atomic mass is 10.0. The van der Waals surface area contributed by atoms with Gasteiger partial charge in [-0.1, -0.05) is 65.1 Å². The van der Waals surface area contributed by atoms with Crippen molar-refractivity contribution in [2.45, 2.75) is 39.5 Å². The van der Waals surface area contributed by atoms with Crippen molar-refractivity contribution in [2.24, 2.45) is 0 Å². The number of quaternary nitrogens is 2. The van der Waals surface area contributed by atoms with E-state index >= 15 is 0 Å². The van der Waals surface area contributed by atoms with Gasteiger partial charge in [0, 0.05) is 12.5 Å². The van der Waals surface area contributed by atoms with E-state index in [-0.39, 0.29) is 0 Å². The minimum absolute atomic E-state index is 0.555. The molecule has 2 aromatic rings. The lowest BCUT2D eigenvalue weighted by molar-refractivity contribution is -0.353. The van der Waals surface area contributed by atoms with Crippen LogP contribution in [0.2, 0.25) is 0 Å². The first kappa shape index (κ1) is 39.0. The Hall–Kier alpha value is -2.54. The Balaban J connectivity index is -0.000000525. The first-order chi connectivity index (χ1) is 16.9. The monoisotopic (exact) mass is 560 g/mol. The lowest BCUT2D eigenvalue weighted by Gasteiger charge is -2.10. The summed E-state index contributed by atoms with van der Waals surface area (Å²) in [6.45, 7) is 17.3. The molecule has 0 amide bonds. The molecule has 0 heterocycles. The van der Waals surface area contributed by atoms with Gasteiger partial charge in [-0.3, -0.25) is 0 Å². The first-order valence-corrected chi connectivity index (χ1v) is 15.0. The molecule has 0 atom stereocenters. The van der Waals surface area contributed by atoms with Gasteiger partial charge < -0.3 is 25.3 Å². The highest BCUT2D eigenvalue weighted by molar-refractivity contribution is 7.85. The van der Waals surface area contributed by atoms with Crippen molar-refractivity contribution in [3.05, 3.63) is 85.0 Å². The molecule has 2 rings (SSSR count). The minimum atomic E-state index is -3.92. The van der Waals surface area contributed by atoms with Crippen LogP contribution in [-0.4, -0.2) is 51.5 Å². The van der Waals surface area contributed by atoms with E-state index in [2.05, 4.69) is 76.6 Å². The van der Waals surface area contributed by atoms with Crippen LogP contribution in [0.4, 0.5) is 0 Å². The van der Waals surface area contributed by atoms with Gasteiger partial charge in [0.15, 0.2) is 0 Å². The van der Waals surface area contributed by atoms with Crippen LogP contribution in [0, 0.1) is 0 Å². The van der Waals surface area contributed by atoms with Crippen LogP contribution >= 0.6 is 0 Å². The molecular formula is C26H44N2O7S2. The highest BCUT2D eigenvalue weighted by Crippen LogP contribution is 2.25. The van der Waals surface area contributed by atoms with Gasteiger partial charge in [-0.05, 0) is 59.4 Å². The third-order valence-electron chi connectivity index (χ3n) is 3.74. The van der Waals surface area contributed by atoms with E-state index in [0.29, 0.717) is 24.3 Å². The highest BCUT2D eigenvalue weighted by Gasteiger charge is 2.02. The average Bonchev–Trinajstić information content (AvgIpc) is 2.78. The van der Waals surface area contributed by atoms with Crippen LogP contribution in [0.25, 0.3) is 0 Å². The summed E-state index contributed by atoms with van der Waals surface area (Å²) in [6, 6.07) is 16.6. The van der Waals surface area contributed by atoms with E-state index < -0.39 is 20.2 Å². The largest absolute Gasteiger partial charge is 0.748 e. The molecule has 0 spiro atoms. The summed E-state index contributed by atoms with van der Waals surface area (Å²) in [5, 5.41) is 0. The summed E-state index contributed by atoms with van der Waals surface area (Å²) in [5.74, 6) is 2.89. The normalized spacial score (nSPS) is 10.2. The van der Waals surface area contributed by atoms with E-state index in [1.165, 1.54) is 11.1 Å². The minimum Gasteiger partial charge on any atom is -0.748 e. The maximum atomic E-state index is 9.08. The Morgan fingerprint density at radius 1 is 0.703 bits per heavy atom. The van der Waals surface area contributed by atoms with Gasteiger partial charge in [0.2, 0.25) is 0 Å². The Labute approximate surface area is 223 Å². The Morgan fingerprint density at radius 3 is 1.03 bits per heavy atom. The first-order valence-electron chi connectivity index (χ1n) is 11.4. The van der Waals surface area contributed by atoms with Crippen molar-refractivity contribution in [3.8, 4) is 11.5 Å². The van der Waals surface area contributed by atoms with Crippen molar-refractivity contribution in [1.82, 2.24) is 0 Å². The van der Waals surface area contributed by atoms with E-state index in [1.807, 2.05) is 24.3 Å². The molecule has 0 saturated heterocycles. The standard InChI is InChI=1S/C18H22O.2C3H7N.2CH4O3S/c1-13(2)15-5-9-17(10-6-15)19-18-11-7-16(8-12-18)14(3)4;2*1-2-3-4;2*1-5(2,3)4/h5-14H,1-4H3;2*2H,1,3-4H2;2*1H3,(H,2,3,4). The number of hydrogen-bond donors (Lipinski definition) is 2. The van der Waals surface area contributed by atoms with E-state index in [9.17, 15) is 0 Å². The van der Waals surface area contributed by atoms with E-state index in [1.54, 1.807) is 12.2 Å². The summed E-state index contributed by atoms with van der Waals surface area (Å²) in [4.78, 5) is 0. The molecule has 0 bridgehead atoms. The Morgan fingerprint density at radius 2 is 0.892 bits per heavy atom. The molecule has 0 aliphatic rings. The summed E-state index contributed by atoms with van der Waals surface area (Å²) in [5.41, 5.74) is 9.64. The summed E-state index contributed by atoms with van der Waals surface area (Å²) in [7, 11) is -7.83. The van der Waals surface area contributed by atoms with Gasteiger partial charge in [-0.15, -0.1) is 0 Å². The smallest absolute Gasteiger partial charge is 0.127 e. The molecule has 9 nitrogen and oxygen atoms in total. The number of hydrogen-bond acceptors (Lipinski definition) is 7. The van der Waals surface area contributed by atoms with Crippen LogP contribution in [0.5, 0.6) is 11.5 Å². The second-order valence-electron chi connectivity index (χ2n) is 8.11. The van der Waals surface area contributed by atoms with Gasteiger partial charge in [0.25, 0.3) is 0 Å². The average molecular weight is 561 g/mol. The van der Waals surface area contributed by atoms with Crippen molar-refractivity contribution in [3.63, 3.8) is 0 Å². The summed E-state index contributed by atoms with van der Waals surface area (Å²) >= 11 is 0. The quantitative estimate of drug-likeness (QED) is 0.402. The summed E-state index contributed by atoms with van der Waals surface area (Å²) < 4.78 is 60.3. The molecule has 0 aliphatic heterocycles. The zero-order chi connectivity index (χ0) is 29.7. The maximum absolute atomic E-state index is 9.08. The lowest BCUT2D eigenvalue weighted by Crippen LogP contribution is -2.48. The van der Waals surface area contributed by atoms with E-state index in [4.69, 9.17) is 30.7 Å². The van der Waals surface area contributed by atoms with Crippen molar-refractivity contribution >= 4 is 20.2 Å².